The average molecular weight is 204 g/mol. The van der Waals surface area contributed by atoms with Gasteiger partial charge < -0.3 is 5.73 Å². The Morgan fingerprint density at radius 3 is 2.92 bits per heavy atom. The van der Waals surface area contributed by atoms with E-state index in [0.29, 0.717) is 0 Å². The van der Waals surface area contributed by atoms with Gasteiger partial charge in [-0.2, -0.15) is 5.10 Å². The van der Waals surface area contributed by atoms with Crippen LogP contribution in [0.2, 0.25) is 0 Å². The van der Waals surface area contributed by atoms with Gasteiger partial charge in [0.05, 0.1) is 6.20 Å². The Labute approximate surface area is 76.6 Å². The lowest BCUT2D eigenvalue weighted by atomic mass is 10.4. The molecule has 7 heteroatoms. The minimum Gasteiger partial charge on any atom is -0.329 e. The molecule has 1 rings (SSSR count). The van der Waals surface area contributed by atoms with E-state index in [1.807, 2.05) is 0 Å². The summed E-state index contributed by atoms with van der Waals surface area (Å²) in [5, 5.41) is 5.97. The second-order valence-electron chi connectivity index (χ2n) is 2.69. The first-order valence-corrected chi connectivity index (χ1v) is 5.26. The number of sulfonamides is 1. The fourth-order valence-electron chi connectivity index (χ4n) is 0.767. The van der Waals surface area contributed by atoms with E-state index >= 15 is 0 Å². The first kappa shape index (κ1) is 10.2. The SMILES string of the molecule is CC(CN)NS(=O)(=O)c1cn[nH]c1. The molecule has 0 aliphatic heterocycles. The lowest BCUT2D eigenvalue weighted by molar-refractivity contribution is 0.563. The molecule has 1 atom stereocenters. The summed E-state index contributed by atoms with van der Waals surface area (Å²) in [5.41, 5.74) is 5.28. The summed E-state index contributed by atoms with van der Waals surface area (Å²) < 4.78 is 25.3. The van der Waals surface area contributed by atoms with Crippen LogP contribution in [0.25, 0.3) is 0 Å². The second-order valence-corrected chi connectivity index (χ2v) is 4.41. The first-order valence-electron chi connectivity index (χ1n) is 3.77. The highest BCUT2D eigenvalue weighted by Gasteiger charge is 2.16. The van der Waals surface area contributed by atoms with Gasteiger partial charge in [-0.05, 0) is 6.92 Å². The zero-order valence-electron chi connectivity index (χ0n) is 7.19. The normalized spacial score (nSPS) is 14.3. The first-order chi connectivity index (χ1) is 6.06. The summed E-state index contributed by atoms with van der Waals surface area (Å²) in [6.45, 7) is 1.95. The van der Waals surface area contributed by atoms with Crippen molar-refractivity contribution < 1.29 is 8.42 Å². The van der Waals surface area contributed by atoms with Crippen LogP contribution >= 0.6 is 0 Å². The molecule has 0 aliphatic carbocycles. The van der Waals surface area contributed by atoms with Gasteiger partial charge in [0.15, 0.2) is 0 Å². The number of nitrogens with two attached hydrogens (primary N) is 1. The Balaban J connectivity index is 2.79. The van der Waals surface area contributed by atoms with Crippen LogP contribution < -0.4 is 10.5 Å². The predicted octanol–water partition coefficient (Wildman–Crippen LogP) is -0.965. The molecule has 74 valence electrons. The van der Waals surface area contributed by atoms with Crippen LogP contribution in [-0.2, 0) is 10.0 Å². The molecule has 0 amide bonds. The Hall–Kier alpha value is -0.920. The number of hydrogen-bond acceptors (Lipinski definition) is 4. The van der Waals surface area contributed by atoms with Crippen molar-refractivity contribution in [2.24, 2.45) is 5.73 Å². The molecule has 4 N–H and O–H groups in total. The van der Waals surface area contributed by atoms with Crippen LogP contribution in [0.4, 0.5) is 0 Å². The zero-order chi connectivity index (χ0) is 9.90. The number of rotatable bonds is 4. The number of hydrogen-bond donors (Lipinski definition) is 3. The van der Waals surface area contributed by atoms with Crippen molar-refractivity contribution >= 4 is 10.0 Å². The van der Waals surface area contributed by atoms with E-state index in [4.69, 9.17) is 5.73 Å². The highest BCUT2D eigenvalue weighted by Crippen LogP contribution is 2.04. The van der Waals surface area contributed by atoms with E-state index in [9.17, 15) is 8.42 Å². The van der Waals surface area contributed by atoms with Gasteiger partial charge in [0.25, 0.3) is 0 Å². The van der Waals surface area contributed by atoms with E-state index in [-0.39, 0.29) is 17.5 Å². The lowest BCUT2D eigenvalue weighted by Crippen LogP contribution is -2.37. The molecular formula is C6H12N4O2S. The predicted molar refractivity (Wildman–Crippen MR) is 47.4 cm³/mol. The molecule has 1 aromatic rings. The van der Waals surface area contributed by atoms with Crippen molar-refractivity contribution in [2.75, 3.05) is 6.54 Å². The molecular weight excluding hydrogens is 192 g/mol. The fourth-order valence-corrected chi connectivity index (χ4v) is 1.93. The van der Waals surface area contributed by atoms with Crippen LogP contribution in [-0.4, -0.2) is 31.2 Å². The van der Waals surface area contributed by atoms with E-state index in [0.717, 1.165) is 0 Å². The van der Waals surface area contributed by atoms with Crippen LogP contribution in [0.5, 0.6) is 0 Å². The van der Waals surface area contributed by atoms with Gasteiger partial charge >= 0.3 is 0 Å². The smallest absolute Gasteiger partial charge is 0.243 e. The molecule has 1 unspecified atom stereocenters. The summed E-state index contributed by atoms with van der Waals surface area (Å²) in [4.78, 5) is 0.118. The highest BCUT2D eigenvalue weighted by atomic mass is 32.2. The maximum absolute atomic E-state index is 11.4. The molecule has 1 heterocycles. The van der Waals surface area contributed by atoms with Gasteiger partial charge in [0.1, 0.15) is 4.90 Å². The number of H-pyrrole nitrogens is 1. The zero-order valence-corrected chi connectivity index (χ0v) is 8.00. The van der Waals surface area contributed by atoms with Gasteiger partial charge in [-0.3, -0.25) is 5.10 Å². The molecule has 13 heavy (non-hydrogen) atoms. The lowest BCUT2D eigenvalue weighted by Gasteiger charge is -2.09. The van der Waals surface area contributed by atoms with Gasteiger partial charge in [0.2, 0.25) is 10.0 Å². The fraction of sp³-hybridized carbons (Fsp3) is 0.500. The van der Waals surface area contributed by atoms with E-state index < -0.39 is 10.0 Å². The van der Waals surface area contributed by atoms with Crippen molar-refractivity contribution in [3.8, 4) is 0 Å². The minimum absolute atomic E-state index is 0.118. The van der Waals surface area contributed by atoms with Gasteiger partial charge in [-0.15, -0.1) is 0 Å². The minimum atomic E-state index is -3.45. The van der Waals surface area contributed by atoms with Crippen molar-refractivity contribution in [3.05, 3.63) is 12.4 Å². The molecule has 1 aromatic heterocycles. The Morgan fingerprint density at radius 1 is 1.77 bits per heavy atom. The maximum Gasteiger partial charge on any atom is 0.243 e. The quantitative estimate of drug-likeness (QED) is 0.587. The monoisotopic (exact) mass is 204 g/mol. The third-order valence-electron chi connectivity index (χ3n) is 1.49. The standard InChI is InChI=1S/C6H12N4O2S/c1-5(2-7)10-13(11,12)6-3-8-9-4-6/h3-5,10H,2,7H2,1H3,(H,8,9). The van der Waals surface area contributed by atoms with Crippen LogP contribution in [0, 0.1) is 0 Å². The number of nitrogens with zero attached hydrogens (tertiary/aromatic N) is 1. The topological polar surface area (TPSA) is 101 Å². The van der Waals surface area contributed by atoms with Crippen LogP contribution in [0.3, 0.4) is 0 Å². The van der Waals surface area contributed by atoms with Crippen molar-refractivity contribution in [3.63, 3.8) is 0 Å². The number of aromatic amines is 1. The summed E-state index contributed by atoms with van der Waals surface area (Å²) in [6.07, 6.45) is 2.55. The Morgan fingerprint density at radius 2 is 2.46 bits per heavy atom. The summed E-state index contributed by atoms with van der Waals surface area (Å²) in [5.74, 6) is 0. The maximum atomic E-state index is 11.4. The third kappa shape index (κ3) is 2.51. The van der Waals surface area contributed by atoms with Crippen molar-refractivity contribution in [1.82, 2.24) is 14.9 Å². The van der Waals surface area contributed by atoms with Crippen LogP contribution in [0.1, 0.15) is 6.92 Å². The molecule has 0 radical (unpaired) electrons. The average Bonchev–Trinajstić information content (AvgIpc) is 2.55. The number of aromatic nitrogens is 2. The van der Waals surface area contributed by atoms with E-state index in [1.165, 1.54) is 12.4 Å². The van der Waals surface area contributed by atoms with Crippen molar-refractivity contribution in [2.45, 2.75) is 17.9 Å². The molecule has 0 aromatic carbocycles. The number of nitrogens with one attached hydrogen (secondary N) is 2. The summed E-state index contributed by atoms with van der Waals surface area (Å²) in [7, 11) is -3.45. The Bertz CT molecular complexity index is 345. The van der Waals surface area contributed by atoms with E-state index in [1.54, 1.807) is 6.92 Å². The van der Waals surface area contributed by atoms with Gasteiger partial charge in [-0.1, -0.05) is 0 Å². The van der Waals surface area contributed by atoms with Crippen LogP contribution in [0.15, 0.2) is 17.3 Å². The Kier molecular flexibility index (Phi) is 3.02. The molecule has 0 aliphatic rings. The third-order valence-corrected chi connectivity index (χ3v) is 3.05. The van der Waals surface area contributed by atoms with Crippen molar-refractivity contribution in [1.29, 1.82) is 0 Å². The molecule has 0 saturated heterocycles. The molecule has 0 fully saturated rings. The van der Waals surface area contributed by atoms with Gasteiger partial charge in [-0.25, -0.2) is 13.1 Å². The van der Waals surface area contributed by atoms with Gasteiger partial charge in [0, 0.05) is 18.8 Å². The van der Waals surface area contributed by atoms with E-state index in [2.05, 4.69) is 14.9 Å². The molecule has 6 nitrogen and oxygen atoms in total. The summed E-state index contributed by atoms with van der Waals surface area (Å²) in [6, 6.07) is -0.278. The largest absolute Gasteiger partial charge is 0.329 e. The summed E-state index contributed by atoms with van der Waals surface area (Å²) >= 11 is 0. The second kappa shape index (κ2) is 3.86. The molecule has 0 saturated carbocycles. The molecule has 0 spiro atoms. The highest BCUT2D eigenvalue weighted by molar-refractivity contribution is 7.89. The molecule has 0 bridgehead atoms.